The number of piperidine rings is 1. The molecule has 8 heteroatoms. The smallest absolute Gasteiger partial charge is 0.256 e. The molecule has 0 unspecified atom stereocenters. The zero-order valence-corrected chi connectivity index (χ0v) is 13.5. The van der Waals surface area contributed by atoms with E-state index in [0.29, 0.717) is 24.2 Å². The van der Waals surface area contributed by atoms with Gasteiger partial charge in [0.1, 0.15) is 5.60 Å². The lowest BCUT2D eigenvalue weighted by molar-refractivity contribution is -0.140. The van der Waals surface area contributed by atoms with Crippen molar-refractivity contribution in [2.45, 2.75) is 18.4 Å². The second-order valence-corrected chi connectivity index (χ2v) is 7.10. The van der Waals surface area contributed by atoms with Gasteiger partial charge in [-0.2, -0.15) is 0 Å². The number of nitrogens with one attached hydrogen (secondary N) is 3. The number of carbonyl (C=O) groups excluding carboxylic acids is 1. The molecule has 1 saturated heterocycles. The highest BCUT2D eigenvalue weighted by atomic mass is 32.2. The lowest BCUT2D eigenvalue weighted by atomic mass is 9.91. The maximum absolute atomic E-state index is 12.5. The van der Waals surface area contributed by atoms with E-state index < -0.39 is 15.6 Å². The first-order valence-corrected chi connectivity index (χ1v) is 8.89. The monoisotopic (exact) mass is 327 g/mol. The zero-order chi connectivity index (χ0) is 16.2. The zero-order valence-electron chi connectivity index (χ0n) is 12.7. The van der Waals surface area contributed by atoms with Crippen molar-refractivity contribution >= 4 is 27.3 Å². The molecule has 122 valence electrons. The highest BCUT2D eigenvalue weighted by Crippen LogP contribution is 2.25. The van der Waals surface area contributed by atoms with E-state index in [0.717, 1.165) is 19.3 Å². The molecule has 0 aromatic heterocycles. The Morgan fingerprint density at radius 2 is 1.73 bits per heavy atom. The summed E-state index contributed by atoms with van der Waals surface area (Å²) in [5, 5.41) is 6.02. The first kappa shape index (κ1) is 16.7. The third kappa shape index (κ3) is 4.19. The number of anilines is 2. The van der Waals surface area contributed by atoms with Crippen molar-refractivity contribution in [1.82, 2.24) is 5.32 Å². The van der Waals surface area contributed by atoms with Gasteiger partial charge in [-0.1, -0.05) is 0 Å². The molecular formula is C14H21N3O4S. The summed E-state index contributed by atoms with van der Waals surface area (Å²) in [6.07, 6.45) is 2.31. The number of rotatable bonds is 5. The normalized spacial score (nSPS) is 17.7. The average Bonchev–Trinajstić information content (AvgIpc) is 2.48. The largest absolute Gasteiger partial charge is 0.368 e. The van der Waals surface area contributed by atoms with Crippen LogP contribution in [0.5, 0.6) is 0 Å². The first-order valence-electron chi connectivity index (χ1n) is 7.00. The molecule has 1 aromatic rings. The van der Waals surface area contributed by atoms with Crippen LogP contribution in [0, 0.1) is 0 Å². The predicted octanol–water partition coefficient (Wildman–Crippen LogP) is 0.765. The summed E-state index contributed by atoms with van der Waals surface area (Å²) in [5.41, 5.74) is 0.234. The number of ether oxygens (including phenoxy) is 1. The summed E-state index contributed by atoms with van der Waals surface area (Å²) < 4.78 is 30.1. The van der Waals surface area contributed by atoms with Crippen LogP contribution in [0.15, 0.2) is 24.3 Å². The number of sulfonamides is 1. The molecule has 3 N–H and O–H groups in total. The van der Waals surface area contributed by atoms with Gasteiger partial charge in [0.2, 0.25) is 10.0 Å². The second kappa shape index (κ2) is 6.64. The van der Waals surface area contributed by atoms with Crippen LogP contribution in [-0.2, 0) is 19.6 Å². The van der Waals surface area contributed by atoms with Gasteiger partial charge in [0.25, 0.3) is 5.91 Å². The van der Waals surface area contributed by atoms with Gasteiger partial charge >= 0.3 is 0 Å². The quantitative estimate of drug-likeness (QED) is 0.742. The Hall–Kier alpha value is -1.64. The second-order valence-electron chi connectivity index (χ2n) is 5.35. The maximum Gasteiger partial charge on any atom is 0.256 e. The molecule has 0 radical (unpaired) electrons. The molecule has 1 aromatic carbocycles. The molecule has 0 aliphatic carbocycles. The summed E-state index contributed by atoms with van der Waals surface area (Å²) in [4.78, 5) is 12.5. The maximum atomic E-state index is 12.5. The summed E-state index contributed by atoms with van der Waals surface area (Å²) in [5.74, 6) is -0.180. The van der Waals surface area contributed by atoms with E-state index in [1.54, 1.807) is 31.4 Å². The minimum Gasteiger partial charge on any atom is -0.368 e. The Bertz CT molecular complexity index is 622. The van der Waals surface area contributed by atoms with Gasteiger partial charge in [0.05, 0.1) is 6.26 Å². The molecule has 1 aliphatic rings. The molecule has 1 amide bonds. The summed E-state index contributed by atoms with van der Waals surface area (Å²) in [6, 6.07) is 6.49. The van der Waals surface area contributed by atoms with Crippen molar-refractivity contribution in [3.05, 3.63) is 24.3 Å². The van der Waals surface area contributed by atoms with Gasteiger partial charge in [-0.15, -0.1) is 0 Å². The van der Waals surface area contributed by atoms with Crippen LogP contribution in [0.1, 0.15) is 12.8 Å². The third-order valence-corrected chi connectivity index (χ3v) is 4.27. The fourth-order valence-electron chi connectivity index (χ4n) is 2.44. The van der Waals surface area contributed by atoms with E-state index in [-0.39, 0.29) is 5.91 Å². The molecule has 1 aliphatic heterocycles. The summed E-state index contributed by atoms with van der Waals surface area (Å²) >= 11 is 0. The first-order chi connectivity index (χ1) is 10.3. The average molecular weight is 327 g/mol. The Kier molecular flexibility index (Phi) is 5.05. The topological polar surface area (TPSA) is 96.5 Å². The van der Waals surface area contributed by atoms with Crippen molar-refractivity contribution in [2.75, 3.05) is 36.5 Å². The highest BCUT2D eigenvalue weighted by Gasteiger charge is 2.39. The number of carbonyl (C=O) groups is 1. The number of hydrogen-bond donors (Lipinski definition) is 3. The van der Waals surface area contributed by atoms with Gasteiger partial charge in [-0.05, 0) is 50.2 Å². The van der Waals surface area contributed by atoms with E-state index in [1.165, 1.54) is 0 Å². The van der Waals surface area contributed by atoms with E-state index in [4.69, 9.17) is 4.74 Å². The van der Waals surface area contributed by atoms with Crippen LogP contribution < -0.4 is 15.4 Å². The predicted molar refractivity (Wildman–Crippen MR) is 85.4 cm³/mol. The molecular weight excluding hydrogens is 306 g/mol. The molecule has 0 atom stereocenters. The minimum atomic E-state index is -3.31. The Morgan fingerprint density at radius 3 is 2.23 bits per heavy atom. The van der Waals surface area contributed by atoms with Gasteiger partial charge in [-0.25, -0.2) is 8.42 Å². The molecule has 2 rings (SSSR count). The summed E-state index contributed by atoms with van der Waals surface area (Å²) in [7, 11) is -1.76. The van der Waals surface area contributed by atoms with Crippen LogP contribution in [0.3, 0.4) is 0 Å². The Morgan fingerprint density at radius 1 is 1.18 bits per heavy atom. The number of methoxy groups -OCH3 is 1. The molecule has 22 heavy (non-hydrogen) atoms. The number of hydrogen-bond acceptors (Lipinski definition) is 5. The van der Waals surface area contributed by atoms with Gasteiger partial charge in [0.15, 0.2) is 0 Å². The van der Waals surface area contributed by atoms with Crippen LogP contribution in [0.4, 0.5) is 11.4 Å². The molecule has 0 bridgehead atoms. The summed E-state index contributed by atoms with van der Waals surface area (Å²) in [6.45, 7) is 1.47. The van der Waals surface area contributed by atoms with E-state index in [9.17, 15) is 13.2 Å². The van der Waals surface area contributed by atoms with Crippen molar-refractivity contribution in [2.24, 2.45) is 0 Å². The molecule has 7 nitrogen and oxygen atoms in total. The van der Waals surface area contributed by atoms with Crippen molar-refractivity contribution < 1.29 is 17.9 Å². The Labute approximate surface area is 130 Å². The van der Waals surface area contributed by atoms with Crippen molar-refractivity contribution in [1.29, 1.82) is 0 Å². The fourth-order valence-corrected chi connectivity index (χ4v) is 3.00. The van der Waals surface area contributed by atoms with Gasteiger partial charge in [0, 0.05) is 18.5 Å². The van der Waals surface area contributed by atoms with Crippen LogP contribution in [-0.4, -0.2) is 46.4 Å². The standard InChI is InChI=1S/C14H21N3O4S/c1-21-14(7-9-15-10-8-14)13(18)16-11-3-5-12(6-4-11)17-22(2,19)20/h3-6,15,17H,7-10H2,1-2H3,(H,16,18). The van der Waals surface area contributed by atoms with Gasteiger partial charge < -0.3 is 15.4 Å². The molecule has 0 saturated carbocycles. The van der Waals surface area contributed by atoms with E-state index >= 15 is 0 Å². The number of amides is 1. The minimum absolute atomic E-state index is 0.180. The third-order valence-electron chi connectivity index (χ3n) is 3.66. The van der Waals surface area contributed by atoms with Gasteiger partial charge in [-0.3, -0.25) is 9.52 Å². The number of benzene rings is 1. The molecule has 1 fully saturated rings. The lowest BCUT2D eigenvalue weighted by Gasteiger charge is -2.34. The Balaban J connectivity index is 2.05. The van der Waals surface area contributed by atoms with E-state index in [1.807, 2.05) is 0 Å². The SMILES string of the molecule is COC1(C(=O)Nc2ccc(NS(C)(=O)=O)cc2)CCNCC1. The highest BCUT2D eigenvalue weighted by molar-refractivity contribution is 7.92. The van der Waals surface area contributed by atoms with Crippen LogP contribution in [0.2, 0.25) is 0 Å². The molecule has 0 spiro atoms. The van der Waals surface area contributed by atoms with Crippen LogP contribution in [0.25, 0.3) is 0 Å². The van der Waals surface area contributed by atoms with Crippen LogP contribution >= 0.6 is 0 Å². The fraction of sp³-hybridized carbons (Fsp3) is 0.500. The van der Waals surface area contributed by atoms with Crippen molar-refractivity contribution in [3.8, 4) is 0 Å². The van der Waals surface area contributed by atoms with Crippen molar-refractivity contribution in [3.63, 3.8) is 0 Å². The van der Waals surface area contributed by atoms with E-state index in [2.05, 4.69) is 15.4 Å². The lowest BCUT2D eigenvalue weighted by Crippen LogP contribution is -2.51. The molecule has 1 heterocycles.